The number of rotatable bonds is 14. The molecule has 6 fully saturated rings. The second kappa shape index (κ2) is 19.6. The summed E-state index contributed by atoms with van der Waals surface area (Å²) in [6.07, 6.45) is -15.7. The molecule has 3 saturated heterocycles. The van der Waals surface area contributed by atoms with Gasteiger partial charge in [0.25, 0.3) is 0 Å². The van der Waals surface area contributed by atoms with Gasteiger partial charge in [0, 0.05) is 10.8 Å². The van der Waals surface area contributed by atoms with Crippen LogP contribution in [0.3, 0.4) is 0 Å². The summed E-state index contributed by atoms with van der Waals surface area (Å²) in [4.78, 5) is 0. The van der Waals surface area contributed by atoms with E-state index in [-0.39, 0.29) is 22.7 Å². The van der Waals surface area contributed by atoms with Crippen molar-refractivity contribution < 1.29 is 89.7 Å². The highest BCUT2D eigenvalue weighted by Gasteiger charge is 2.70. The summed E-state index contributed by atoms with van der Waals surface area (Å²) >= 11 is 0. The number of fused-ring (bicyclic) bond motifs is 5. The summed E-state index contributed by atoms with van der Waals surface area (Å²) in [5.41, 5.74) is -0.652. The summed E-state index contributed by atoms with van der Waals surface area (Å²) in [5.74, 6) is 1.20. The van der Waals surface area contributed by atoms with Gasteiger partial charge < -0.3 is 89.7 Å². The van der Waals surface area contributed by atoms with Crippen molar-refractivity contribution in [2.24, 2.45) is 45.3 Å². The van der Waals surface area contributed by atoms with E-state index in [2.05, 4.69) is 47.6 Å². The van der Waals surface area contributed by atoms with Crippen molar-refractivity contribution >= 4 is 0 Å². The molecule has 4 aliphatic carbocycles. The number of allylic oxidation sites excluding steroid dienone is 1. The lowest BCUT2D eigenvalue weighted by Gasteiger charge is -2.67. The van der Waals surface area contributed by atoms with Gasteiger partial charge in [-0.1, -0.05) is 66.0 Å². The van der Waals surface area contributed by atoms with Crippen LogP contribution in [0.5, 0.6) is 0 Å². The fraction of sp³-hybridized carbons (Fsp3) is 0.958. The van der Waals surface area contributed by atoms with Crippen molar-refractivity contribution in [2.75, 3.05) is 19.8 Å². The third-order valence-electron chi connectivity index (χ3n) is 18.4. The van der Waals surface area contributed by atoms with Crippen LogP contribution in [0.1, 0.15) is 113 Å². The number of aliphatic hydroxyl groups is 12. The van der Waals surface area contributed by atoms with E-state index in [9.17, 15) is 61.3 Å². The minimum Gasteiger partial charge on any atom is -0.394 e. The quantitative estimate of drug-likeness (QED) is 0.102. The van der Waals surface area contributed by atoms with Gasteiger partial charge in [0.05, 0.1) is 37.6 Å². The zero-order valence-electron chi connectivity index (χ0n) is 40.0. The number of hydrogen-bond donors (Lipinski definition) is 12. The van der Waals surface area contributed by atoms with E-state index in [1.807, 2.05) is 13.8 Å². The van der Waals surface area contributed by atoms with E-state index >= 15 is 0 Å². The Bertz CT molecular complexity index is 1680. The number of aliphatic hydroxyl groups excluding tert-OH is 11. The van der Waals surface area contributed by atoms with Crippen LogP contribution < -0.4 is 0 Å². The lowest BCUT2D eigenvalue weighted by atomic mass is 9.38. The molecule has 3 heterocycles. The van der Waals surface area contributed by atoms with Gasteiger partial charge in [-0.05, 0) is 93.3 Å². The fourth-order valence-electron chi connectivity index (χ4n) is 14.1. The van der Waals surface area contributed by atoms with Crippen molar-refractivity contribution in [3.63, 3.8) is 0 Å². The minimum atomic E-state index is -1.90. The van der Waals surface area contributed by atoms with Crippen molar-refractivity contribution in [3.05, 3.63) is 11.6 Å². The van der Waals surface area contributed by atoms with Crippen molar-refractivity contribution in [2.45, 2.75) is 223 Å². The first-order valence-electron chi connectivity index (χ1n) is 24.4. The van der Waals surface area contributed by atoms with Crippen molar-refractivity contribution in [1.29, 1.82) is 0 Å². The molecule has 66 heavy (non-hydrogen) atoms. The average Bonchev–Trinajstić information content (AvgIpc) is 3.52. The average molecular weight is 947 g/mol. The van der Waals surface area contributed by atoms with Crippen LogP contribution in [0.15, 0.2) is 11.6 Å². The largest absolute Gasteiger partial charge is 0.394 e. The smallest absolute Gasteiger partial charge is 0.187 e. The predicted octanol–water partition coefficient (Wildman–Crippen LogP) is -0.0268. The second-order valence-corrected chi connectivity index (χ2v) is 23.0. The summed E-state index contributed by atoms with van der Waals surface area (Å²) in [6, 6.07) is 0. The zero-order valence-corrected chi connectivity index (χ0v) is 40.0. The molecule has 382 valence electrons. The van der Waals surface area contributed by atoms with Crippen LogP contribution >= 0.6 is 0 Å². The lowest BCUT2D eigenvalue weighted by molar-refractivity contribution is -0.378. The third kappa shape index (κ3) is 9.12. The number of hydrogen-bond acceptors (Lipinski definition) is 18. The molecule has 0 amide bonds. The highest BCUT2D eigenvalue weighted by atomic mass is 16.8. The van der Waals surface area contributed by atoms with Gasteiger partial charge in [0.2, 0.25) is 0 Å². The molecule has 3 aliphatic heterocycles. The Morgan fingerprint density at radius 3 is 1.89 bits per heavy atom. The SMILES string of the molecule is C[C@H](CCCC(C)(C)O)C1CC[C@@]2(C)C3CC=C4C(CC[C@H](O[C@@H]5O[C@H](CO)[C@@H](O)[C@H](O)[C@H]5O[C@H]5O[C@@H](CO[C@@H]6O[C@H](CO)[C@@H](O)[C@H](O)[C@H]6O)[C@H](O)[C@@H](O)[C@@H]5O)C4(C)C)[C@]3(C)[C@H](O)C[C@]12C. The van der Waals surface area contributed by atoms with Gasteiger partial charge in [-0.15, -0.1) is 0 Å². The van der Waals surface area contributed by atoms with E-state index in [1.54, 1.807) is 0 Å². The van der Waals surface area contributed by atoms with E-state index in [0.717, 1.165) is 44.1 Å². The molecule has 7 aliphatic rings. The summed E-state index contributed by atoms with van der Waals surface area (Å²) in [5, 5.41) is 129. The molecule has 0 bridgehead atoms. The molecular formula is C48H82O18. The molecule has 12 N–H and O–H groups in total. The van der Waals surface area contributed by atoms with Crippen LogP contribution in [-0.4, -0.2) is 191 Å². The van der Waals surface area contributed by atoms with Gasteiger partial charge in [0.1, 0.15) is 73.2 Å². The van der Waals surface area contributed by atoms with Gasteiger partial charge >= 0.3 is 0 Å². The third-order valence-corrected chi connectivity index (χ3v) is 18.4. The Balaban J connectivity index is 1.07. The van der Waals surface area contributed by atoms with Crippen LogP contribution in [0.25, 0.3) is 0 Å². The molecule has 24 atom stereocenters. The highest BCUT2D eigenvalue weighted by molar-refractivity contribution is 5.32. The maximum Gasteiger partial charge on any atom is 0.187 e. The zero-order chi connectivity index (χ0) is 48.6. The molecule has 0 spiro atoms. The fourth-order valence-corrected chi connectivity index (χ4v) is 14.1. The first-order valence-corrected chi connectivity index (χ1v) is 24.4. The Labute approximate surface area is 388 Å². The van der Waals surface area contributed by atoms with E-state index < -0.39 is 141 Å². The Hall–Kier alpha value is -0.980. The van der Waals surface area contributed by atoms with E-state index in [4.69, 9.17) is 28.4 Å². The Kier molecular flexibility index (Phi) is 15.7. The molecule has 18 heteroatoms. The van der Waals surface area contributed by atoms with E-state index in [0.29, 0.717) is 31.1 Å². The van der Waals surface area contributed by atoms with Crippen LogP contribution in [0, 0.1) is 45.3 Å². The normalized spacial score (nSPS) is 51.1. The van der Waals surface area contributed by atoms with Gasteiger partial charge in [-0.25, -0.2) is 0 Å². The molecule has 0 aromatic carbocycles. The van der Waals surface area contributed by atoms with Crippen LogP contribution in [0.2, 0.25) is 0 Å². The predicted molar refractivity (Wildman–Crippen MR) is 234 cm³/mol. The van der Waals surface area contributed by atoms with Crippen LogP contribution in [-0.2, 0) is 28.4 Å². The maximum atomic E-state index is 12.5. The molecule has 3 saturated carbocycles. The second-order valence-electron chi connectivity index (χ2n) is 23.0. The topological polar surface area (TPSA) is 298 Å². The monoisotopic (exact) mass is 947 g/mol. The minimum absolute atomic E-state index is 0.00704. The first kappa shape index (κ1) is 52.8. The van der Waals surface area contributed by atoms with Gasteiger partial charge in [-0.2, -0.15) is 0 Å². The van der Waals surface area contributed by atoms with Crippen molar-refractivity contribution in [3.8, 4) is 0 Å². The standard InChI is InChI=1S/C48H82O18/c1-22(10-9-16-44(2,3)60)23-15-17-46(6)29-13-11-24-25(48(29,8)30(51)18-47(23,46)7)12-14-31(45(24,4)5)65-43-40(37(57)33(53)27(20-50)63-43)66-42-39(59)36(56)34(54)28(64-42)21-61-41-38(58)35(55)32(52)26(19-49)62-41/h11,22-23,25-43,49-60H,9-10,12-21H2,1-8H3/t22-,23?,25?,26-,27-,28+,29?,30-,31+,32-,33-,34+,35+,36-,37+,38-,39+,40-,41-,42-,43+,46+,47-,48+/m1/s1. The maximum absolute atomic E-state index is 12.5. The van der Waals surface area contributed by atoms with E-state index in [1.165, 1.54) is 0 Å². The van der Waals surface area contributed by atoms with Crippen molar-refractivity contribution in [1.82, 2.24) is 0 Å². The molecule has 3 unspecified atom stereocenters. The Morgan fingerprint density at radius 2 is 1.27 bits per heavy atom. The number of ether oxygens (including phenoxy) is 6. The summed E-state index contributed by atoms with van der Waals surface area (Å²) in [6.45, 7) is 15.4. The highest BCUT2D eigenvalue weighted by Crippen LogP contribution is 2.75. The molecule has 18 nitrogen and oxygen atoms in total. The molecule has 0 aromatic rings. The summed E-state index contributed by atoms with van der Waals surface area (Å²) < 4.78 is 35.8. The lowest BCUT2D eigenvalue weighted by Crippen LogP contribution is -2.66. The van der Waals surface area contributed by atoms with Crippen LogP contribution in [0.4, 0.5) is 0 Å². The molecular weight excluding hydrogens is 865 g/mol. The first-order chi connectivity index (χ1) is 30.8. The Morgan fingerprint density at radius 1 is 0.697 bits per heavy atom. The van der Waals surface area contributed by atoms with Gasteiger partial charge in [-0.3, -0.25) is 0 Å². The van der Waals surface area contributed by atoms with Gasteiger partial charge in [0.15, 0.2) is 18.9 Å². The molecule has 0 radical (unpaired) electrons. The summed E-state index contributed by atoms with van der Waals surface area (Å²) in [7, 11) is 0. The molecule has 7 rings (SSSR count). The molecule has 0 aromatic heterocycles.